The largest absolute Gasteiger partial charge is 0.486 e. The van der Waals surface area contributed by atoms with Gasteiger partial charge in [-0.1, -0.05) is 12.1 Å². The first-order valence-electron chi connectivity index (χ1n) is 7.95. The number of benzene rings is 2. The van der Waals surface area contributed by atoms with Gasteiger partial charge in [-0.25, -0.2) is 0 Å². The summed E-state index contributed by atoms with van der Waals surface area (Å²) in [5.41, 5.74) is 5.21. The van der Waals surface area contributed by atoms with Gasteiger partial charge in [-0.15, -0.1) is 0 Å². The number of nitro groups is 1. The average molecular weight is 369 g/mol. The molecule has 0 spiro atoms. The van der Waals surface area contributed by atoms with Gasteiger partial charge < -0.3 is 9.47 Å². The van der Waals surface area contributed by atoms with E-state index in [9.17, 15) is 19.7 Å². The van der Waals surface area contributed by atoms with Gasteiger partial charge in [0, 0.05) is 23.8 Å². The normalized spacial score (nSPS) is 12.4. The predicted molar refractivity (Wildman–Crippen MR) is 95.2 cm³/mol. The molecule has 2 N–H and O–H groups in total. The molecule has 0 atom stereocenters. The van der Waals surface area contributed by atoms with Crippen LogP contribution in [0.1, 0.15) is 15.9 Å². The van der Waals surface area contributed by atoms with E-state index < -0.39 is 16.7 Å². The maximum absolute atomic E-state index is 12.1. The third-order valence-electron chi connectivity index (χ3n) is 3.61. The number of hydrogen-bond donors (Lipinski definition) is 2. The Morgan fingerprint density at radius 3 is 2.59 bits per heavy atom. The second kappa shape index (κ2) is 8.00. The van der Waals surface area contributed by atoms with E-state index in [1.54, 1.807) is 18.2 Å². The number of rotatable bonds is 4. The van der Waals surface area contributed by atoms with Crippen LogP contribution in [0.4, 0.5) is 5.69 Å². The highest BCUT2D eigenvalue weighted by molar-refractivity contribution is 5.98. The molecule has 1 aliphatic heterocycles. The third-order valence-corrected chi connectivity index (χ3v) is 3.61. The smallest absolute Gasteiger partial charge is 0.270 e. The van der Waals surface area contributed by atoms with Gasteiger partial charge in [0.1, 0.15) is 13.2 Å². The fourth-order valence-corrected chi connectivity index (χ4v) is 2.33. The topological polar surface area (TPSA) is 120 Å². The molecule has 2 aromatic rings. The van der Waals surface area contributed by atoms with Gasteiger partial charge in [-0.3, -0.25) is 30.6 Å². The van der Waals surface area contributed by atoms with Crippen molar-refractivity contribution in [3.8, 4) is 11.5 Å². The van der Waals surface area contributed by atoms with Crippen LogP contribution in [0, 0.1) is 10.1 Å². The Morgan fingerprint density at radius 2 is 1.81 bits per heavy atom. The summed E-state index contributed by atoms with van der Waals surface area (Å²) in [5, 5.41) is 10.7. The Morgan fingerprint density at radius 1 is 1.04 bits per heavy atom. The molecule has 0 saturated carbocycles. The molecule has 2 amide bonds. The maximum atomic E-state index is 12.1. The Balaban J connectivity index is 1.56. The van der Waals surface area contributed by atoms with Crippen LogP contribution >= 0.6 is 0 Å². The zero-order valence-corrected chi connectivity index (χ0v) is 14.0. The van der Waals surface area contributed by atoms with Gasteiger partial charge in [0.05, 0.1) is 4.92 Å². The van der Waals surface area contributed by atoms with Crippen LogP contribution in [0.2, 0.25) is 0 Å². The Bertz CT molecular complexity index is 925. The summed E-state index contributed by atoms with van der Waals surface area (Å²) in [5.74, 6) is -0.0935. The molecule has 2 aromatic carbocycles. The summed E-state index contributed by atoms with van der Waals surface area (Å²) >= 11 is 0. The highest BCUT2D eigenvalue weighted by Crippen LogP contribution is 2.30. The van der Waals surface area contributed by atoms with Crippen molar-refractivity contribution in [3.05, 3.63) is 69.8 Å². The molecule has 1 heterocycles. The molecule has 0 aromatic heterocycles. The van der Waals surface area contributed by atoms with Crippen molar-refractivity contribution in [1.29, 1.82) is 0 Å². The lowest BCUT2D eigenvalue weighted by Crippen LogP contribution is -2.40. The molecule has 1 aliphatic rings. The molecule has 0 saturated heterocycles. The molecule has 0 bridgehead atoms. The molecule has 0 radical (unpaired) electrons. The number of nitro benzene ring substituents is 1. The van der Waals surface area contributed by atoms with Gasteiger partial charge in [-0.05, 0) is 29.8 Å². The number of amides is 2. The molecule has 3 rings (SSSR count). The van der Waals surface area contributed by atoms with Crippen molar-refractivity contribution in [2.75, 3.05) is 13.2 Å². The highest BCUT2D eigenvalue weighted by Gasteiger charge is 2.15. The second-order valence-electron chi connectivity index (χ2n) is 5.49. The summed E-state index contributed by atoms with van der Waals surface area (Å²) in [6.07, 6.45) is 2.56. The van der Waals surface area contributed by atoms with Gasteiger partial charge >= 0.3 is 0 Å². The first-order valence-corrected chi connectivity index (χ1v) is 7.95. The van der Waals surface area contributed by atoms with Gasteiger partial charge in [0.25, 0.3) is 17.5 Å². The molecule has 0 aliphatic carbocycles. The fourth-order valence-electron chi connectivity index (χ4n) is 2.33. The maximum Gasteiger partial charge on any atom is 0.270 e. The molecular formula is C18H15N3O6. The van der Waals surface area contributed by atoms with Crippen LogP contribution in [0.3, 0.4) is 0 Å². The van der Waals surface area contributed by atoms with Crippen molar-refractivity contribution >= 4 is 23.6 Å². The van der Waals surface area contributed by atoms with Gasteiger partial charge in [0.15, 0.2) is 11.5 Å². The quantitative estimate of drug-likeness (QED) is 0.482. The number of nitrogens with one attached hydrogen (secondary N) is 2. The van der Waals surface area contributed by atoms with Crippen molar-refractivity contribution in [2.24, 2.45) is 0 Å². The van der Waals surface area contributed by atoms with Crippen LogP contribution in [0.15, 0.2) is 48.5 Å². The van der Waals surface area contributed by atoms with E-state index in [4.69, 9.17) is 9.47 Å². The molecule has 9 heteroatoms. The number of ether oxygens (including phenoxy) is 2. The summed E-state index contributed by atoms with van der Waals surface area (Å²) < 4.78 is 10.8. The van der Waals surface area contributed by atoms with Gasteiger partial charge in [-0.2, -0.15) is 0 Å². The van der Waals surface area contributed by atoms with Gasteiger partial charge in [0.2, 0.25) is 0 Å². The average Bonchev–Trinajstić information content (AvgIpc) is 2.70. The summed E-state index contributed by atoms with van der Waals surface area (Å²) in [6.45, 7) is 0.850. The fraction of sp³-hybridized carbons (Fsp3) is 0.111. The Kier molecular flexibility index (Phi) is 5.31. The van der Waals surface area contributed by atoms with Crippen molar-refractivity contribution in [1.82, 2.24) is 10.9 Å². The van der Waals surface area contributed by atoms with Crippen LogP contribution < -0.4 is 20.3 Å². The third kappa shape index (κ3) is 4.60. The lowest BCUT2D eigenvalue weighted by atomic mass is 10.2. The van der Waals surface area contributed by atoms with E-state index in [0.29, 0.717) is 35.8 Å². The van der Waals surface area contributed by atoms with E-state index >= 15 is 0 Å². The molecule has 0 fully saturated rings. The van der Waals surface area contributed by atoms with Crippen LogP contribution in [-0.4, -0.2) is 30.0 Å². The van der Waals surface area contributed by atoms with Crippen LogP contribution in [0.5, 0.6) is 11.5 Å². The second-order valence-corrected chi connectivity index (χ2v) is 5.49. The first kappa shape index (κ1) is 17.9. The monoisotopic (exact) mass is 369 g/mol. The Labute approximate surface area is 153 Å². The molecular weight excluding hydrogens is 354 g/mol. The number of non-ortho nitro benzene ring substituents is 1. The zero-order chi connectivity index (χ0) is 19.2. The number of nitrogens with zero attached hydrogens (tertiary/aromatic N) is 1. The first-order chi connectivity index (χ1) is 13.0. The van der Waals surface area contributed by atoms with E-state index in [1.165, 1.54) is 30.3 Å². The minimum atomic E-state index is -0.590. The number of carbonyl (C=O) groups excluding carboxylic acids is 2. The number of carbonyl (C=O) groups is 2. The number of fused-ring (bicyclic) bond motifs is 1. The molecule has 27 heavy (non-hydrogen) atoms. The van der Waals surface area contributed by atoms with Crippen LogP contribution in [0.25, 0.3) is 6.08 Å². The standard InChI is InChI=1S/C18H15N3O6/c22-17(7-4-12-2-1-3-14(10-12)21(24)25)19-20-18(23)13-5-6-15-16(11-13)27-9-8-26-15/h1-7,10-11H,8-9H2,(H,19,22)(H,20,23)/b7-4+. The molecule has 138 valence electrons. The van der Waals surface area contributed by atoms with E-state index in [0.717, 1.165) is 6.08 Å². The SMILES string of the molecule is O=C(/C=C/c1cccc([N+](=O)[O-])c1)NNC(=O)c1ccc2c(c1)OCCO2. The minimum absolute atomic E-state index is 0.0792. The van der Waals surface area contributed by atoms with Crippen molar-refractivity contribution < 1.29 is 24.0 Å². The van der Waals surface area contributed by atoms with E-state index in [1.807, 2.05) is 0 Å². The lowest BCUT2D eigenvalue weighted by molar-refractivity contribution is -0.384. The summed E-state index contributed by atoms with van der Waals surface area (Å²) in [4.78, 5) is 34.1. The van der Waals surface area contributed by atoms with Crippen molar-refractivity contribution in [3.63, 3.8) is 0 Å². The van der Waals surface area contributed by atoms with E-state index in [-0.39, 0.29) is 5.69 Å². The predicted octanol–water partition coefficient (Wildman–Crippen LogP) is 1.84. The number of hydrazine groups is 1. The van der Waals surface area contributed by atoms with E-state index in [2.05, 4.69) is 10.9 Å². The Hall–Kier alpha value is -3.88. The minimum Gasteiger partial charge on any atom is -0.486 e. The molecule has 0 unspecified atom stereocenters. The number of hydrogen-bond acceptors (Lipinski definition) is 6. The summed E-state index contributed by atoms with van der Waals surface area (Å²) in [7, 11) is 0. The summed E-state index contributed by atoms with van der Waals surface area (Å²) in [6, 6.07) is 10.5. The van der Waals surface area contributed by atoms with Crippen molar-refractivity contribution in [2.45, 2.75) is 0 Å². The lowest BCUT2D eigenvalue weighted by Gasteiger charge is -2.18. The van der Waals surface area contributed by atoms with Crippen LogP contribution in [-0.2, 0) is 4.79 Å². The highest BCUT2D eigenvalue weighted by atomic mass is 16.6. The zero-order valence-electron chi connectivity index (χ0n) is 14.0. The molecule has 9 nitrogen and oxygen atoms in total.